The van der Waals surface area contributed by atoms with E-state index >= 15 is 0 Å². The van der Waals surface area contributed by atoms with Crippen LogP contribution in [0.5, 0.6) is 0 Å². The fourth-order valence-electron chi connectivity index (χ4n) is 2.85. The number of thiophene rings is 1. The van der Waals surface area contributed by atoms with E-state index in [0.29, 0.717) is 6.61 Å². The van der Waals surface area contributed by atoms with Gasteiger partial charge in [0.25, 0.3) is 0 Å². The fraction of sp³-hybridized carbons (Fsp3) is 0.222. The fourth-order valence-corrected chi connectivity index (χ4v) is 4.77. The summed E-state index contributed by atoms with van der Waals surface area (Å²) >= 11 is 3.34. The topological polar surface area (TPSA) is 43.6 Å². The van der Waals surface area contributed by atoms with E-state index in [1.165, 1.54) is 9.58 Å². The van der Waals surface area contributed by atoms with Crippen molar-refractivity contribution in [2.24, 2.45) is 0 Å². The molecule has 4 rings (SSSR count). The van der Waals surface area contributed by atoms with Crippen molar-refractivity contribution >= 4 is 43.8 Å². The molecule has 122 valence electrons. The maximum atomic E-state index is 12.1. The van der Waals surface area contributed by atoms with E-state index < -0.39 is 0 Å². The highest BCUT2D eigenvalue weighted by Crippen LogP contribution is 2.35. The molecule has 0 unspecified atom stereocenters. The number of carbonyl (C=O) groups excluding carboxylic acids is 1. The largest absolute Gasteiger partial charge is 0.466 e. The van der Waals surface area contributed by atoms with Gasteiger partial charge in [-0.05, 0) is 38.1 Å². The van der Waals surface area contributed by atoms with E-state index in [0.717, 1.165) is 26.7 Å². The molecule has 0 aliphatic rings. The minimum absolute atomic E-state index is 0.218. The van der Waals surface area contributed by atoms with E-state index in [9.17, 15) is 4.79 Å². The first-order valence-electron chi connectivity index (χ1n) is 7.78. The number of para-hydroxylation sites is 1. The third kappa shape index (κ3) is 2.52. The Labute approximate surface area is 147 Å². The van der Waals surface area contributed by atoms with Crippen LogP contribution in [0.4, 0.5) is 0 Å². The lowest BCUT2D eigenvalue weighted by Crippen LogP contribution is -2.09. The normalized spacial score (nSPS) is 11.4. The zero-order chi connectivity index (χ0) is 16.7. The summed E-state index contributed by atoms with van der Waals surface area (Å²) in [5, 5.41) is 0. The second-order valence-corrected chi connectivity index (χ2v) is 7.78. The first kappa shape index (κ1) is 15.4. The molecule has 0 fully saturated rings. The molecule has 4 aromatic rings. The Morgan fingerprint density at radius 2 is 2.04 bits per heavy atom. The number of nitrogens with zero attached hydrogens (tertiary/aromatic N) is 2. The summed E-state index contributed by atoms with van der Waals surface area (Å²) in [6.45, 7) is 4.29. The summed E-state index contributed by atoms with van der Waals surface area (Å²) in [5.41, 5.74) is 2.88. The van der Waals surface area contributed by atoms with Crippen molar-refractivity contribution in [3.05, 3.63) is 47.0 Å². The Kier molecular flexibility index (Phi) is 3.86. The van der Waals surface area contributed by atoms with Crippen LogP contribution in [-0.4, -0.2) is 22.0 Å². The van der Waals surface area contributed by atoms with Gasteiger partial charge in [-0.25, -0.2) is 4.98 Å². The quantitative estimate of drug-likeness (QED) is 0.498. The monoisotopic (exact) mass is 356 g/mol. The second kappa shape index (κ2) is 6.03. The lowest BCUT2D eigenvalue weighted by molar-refractivity contribution is -0.142. The number of hydrogen-bond donors (Lipinski definition) is 0. The number of carbonyl (C=O) groups is 1. The van der Waals surface area contributed by atoms with Gasteiger partial charge in [0.1, 0.15) is 5.69 Å². The van der Waals surface area contributed by atoms with E-state index in [-0.39, 0.29) is 12.4 Å². The summed E-state index contributed by atoms with van der Waals surface area (Å²) in [6, 6.07) is 12.3. The Morgan fingerprint density at radius 3 is 2.79 bits per heavy atom. The Morgan fingerprint density at radius 1 is 1.21 bits per heavy atom. The molecule has 6 heteroatoms. The number of rotatable bonds is 4. The maximum Gasteiger partial charge on any atom is 0.311 e. The highest BCUT2D eigenvalue weighted by atomic mass is 32.1. The van der Waals surface area contributed by atoms with Crippen LogP contribution < -0.4 is 0 Å². The molecule has 3 aromatic heterocycles. The average Bonchev–Trinajstić information content (AvgIpc) is 3.22. The van der Waals surface area contributed by atoms with Crippen LogP contribution in [-0.2, 0) is 16.0 Å². The number of hydrogen-bond acceptors (Lipinski definition) is 5. The van der Waals surface area contributed by atoms with Gasteiger partial charge in [-0.15, -0.1) is 11.3 Å². The highest BCUT2D eigenvalue weighted by molar-refractivity contribution is 7.23. The predicted molar refractivity (Wildman–Crippen MR) is 99.0 cm³/mol. The molecule has 3 heterocycles. The summed E-state index contributed by atoms with van der Waals surface area (Å²) in [7, 11) is 0. The van der Waals surface area contributed by atoms with E-state index in [1.807, 2.05) is 19.1 Å². The van der Waals surface area contributed by atoms with Crippen LogP contribution in [0.2, 0.25) is 0 Å². The van der Waals surface area contributed by atoms with Gasteiger partial charge in [-0.3, -0.25) is 9.20 Å². The predicted octanol–water partition coefficient (Wildman–Crippen LogP) is 4.69. The Bertz CT molecular complexity index is 1040. The second-order valence-electron chi connectivity index (χ2n) is 5.49. The standard InChI is InChI=1S/C18H16N2O2S2/c1-3-22-16(21)10-13-17(15-9-8-11(2)23-15)19-18-20(13)12-6-4-5-7-14(12)24-18/h4-9H,3,10H2,1-2H3. The first-order valence-corrected chi connectivity index (χ1v) is 9.42. The van der Waals surface area contributed by atoms with Crippen LogP contribution >= 0.6 is 22.7 Å². The van der Waals surface area contributed by atoms with Crippen molar-refractivity contribution in [2.75, 3.05) is 6.61 Å². The lowest BCUT2D eigenvalue weighted by Gasteiger charge is -2.04. The van der Waals surface area contributed by atoms with E-state index in [1.54, 1.807) is 22.7 Å². The van der Waals surface area contributed by atoms with Crippen molar-refractivity contribution in [1.82, 2.24) is 9.38 Å². The van der Waals surface area contributed by atoms with Crippen molar-refractivity contribution in [1.29, 1.82) is 0 Å². The van der Waals surface area contributed by atoms with Crippen molar-refractivity contribution in [3.63, 3.8) is 0 Å². The molecule has 0 bridgehead atoms. The van der Waals surface area contributed by atoms with Gasteiger partial charge >= 0.3 is 5.97 Å². The summed E-state index contributed by atoms with van der Waals surface area (Å²) in [4.78, 5) is 20.2. The summed E-state index contributed by atoms with van der Waals surface area (Å²) in [6.07, 6.45) is 0.224. The minimum atomic E-state index is -0.218. The molecule has 0 spiro atoms. The molecular weight excluding hydrogens is 340 g/mol. The minimum Gasteiger partial charge on any atom is -0.466 e. The van der Waals surface area contributed by atoms with E-state index in [4.69, 9.17) is 9.72 Å². The van der Waals surface area contributed by atoms with Gasteiger partial charge in [0.2, 0.25) is 0 Å². The smallest absolute Gasteiger partial charge is 0.311 e. The molecule has 4 nitrogen and oxygen atoms in total. The zero-order valence-electron chi connectivity index (χ0n) is 13.4. The number of imidazole rings is 1. The zero-order valence-corrected chi connectivity index (χ0v) is 15.0. The average molecular weight is 356 g/mol. The molecule has 0 atom stereocenters. The highest BCUT2D eigenvalue weighted by Gasteiger charge is 2.21. The molecule has 1 aromatic carbocycles. The molecule has 24 heavy (non-hydrogen) atoms. The number of thiazole rings is 1. The van der Waals surface area contributed by atoms with Gasteiger partial charge in [-0.1, -0.05) is 23.5 Å². The summed E-state index contributed by atoms with van der Waals surface area (Å²) in [5.74, 6) is -0.218. The molecule has 0 amide bonds. The van der Waals surface area contributed by atoms with Gasteiger partial charge in [0.05, 0.1) is 33.8 Å². The number of benzene rings is 1. The van der Waals surface area contributed by atoms with Gasteiger partial charge in [0, 0.05) is 4.88 Å². The van der Waals surface area contributed by atoms with Crippen LogP contribution in [0, 0.1) is 6.92 Å². The number of aryl methyl sites for hydroxylation is 1. The SMILES string of the molecule is CCOC(=O)Cc1c(-c2ccc(C)s2)nc2sc3ccccc3n12. The van der Waals surface area contributed by atoms with Gasteiger partial charge in [0.15, 0.2) is 4.96 Å². The van der Waals surface area contributed by atoms with E-state index in [2.05, 4.69) is 35.6 Å². The van der Waals surface area contributed by atoms with Gasteiger partial charge in [-0.2, -0.15) is 0 Å². The van der Waals surface area contributed by atoms with Gasteiger partial charge < -0.3 is 4.74 Å². The third-order valence-electron chi connectivity index (χ3n) is 3.84. The van der Waals surface area contributed by atoms with Crippen molar-refractivity contribution in [3.8, 4) is 10.6 Å². The Hall–Kier alpha value is -2.18. The van der Waals surface area contributed by atoms with Crippen LogP contribution in [0.3, 0.4) is 0 Å². The molecule has 0 aliphatic carbocycles. The number of esters is 1. The van der Waals surface area contributed by atoms with Crippen LogP contribution in [0.15, 0.2) is 36.4 Å². The Balaban J connectivity index is 1.95. The first-order chi connectivity index (χ1) is 11.7. The molecular formula is C18H16N2O2S2. The molecule has 0 aliphatic heterocycles. The molecule has 0 radical (unpaired) electrons. The maximum absolute atomic E-state index is 12.1. The lowest BCUT2D eigenvalue weighted by atomic mass is 10.2. The van der Waals surface area contributed by atoms with Crippen LogP contribution in [0.25, 0.3) is 25.7 Å². The number of aromatic nitrogens is 2. The van der Waals surface area contributed by atoms with Crippen LogP contribution in [0.1, 0.15) is 17.5 Å². The molecule has 0 saturated heterocycles. The van der Waals surface area contributed by atoms with Crippen molar-refractivity contribution < 1.29 is 9.53 Å². The molecule has 0 N–H and O–H groups in total. The third-order valence-corrected chi connectivity index (χ3v) is 5.87. The number of fused-ring (bicyclic) bond motifs is 3. The van der Waals surface area contributed by atoms with Crippen molar-refractivity contribution in [2.45, 2.75) is 20.3 Å². The molecule has 0 saturated carbocycles. The number of ether oxygens (including phenoxy) is 1. The summed E-state index contributed by atoms with van der Waals surface area (Å²) < 4.78 is 8.44.